The van der Waals surface area contributed by atoms with Crippen LogP contribution in [0.3, 0.4) is 0 Å². The van der Waals surface area contributed by atoms with Crippen molar-refractivity contribution in [1.82, 2.24) is 9.80 Å². The second-order valence-electron chi connectivity index (χ2n) is 5.96. The number of carbonyl (C=O) groups is 1. The SMILES string of the molecule is NC(=O)c1ccc(CN2CCN(C(CO)CO)C[C@H](O)C2)cc1. The van der Waals surface area contributed by atoms with Crippen molar-refractivity contribution in [3.05, 3.63) is 35.4 Å². The molecule has 23 heavy (non-hydrogen) atoms. The third-order valence-electron chi connectivity index (χ3n) is 4.20. The Hall–Kier alpha value is -1.51. The number of aliphatic hydroxyl groups excluding tert-OH is 3. The molecule has 1 aliphatic rings. The smallest absolute Gasteiger partial charge is 0.248 e. The molecule has 1 aromatic rings. The first-order chi connectivity index (χ1) is 11.0. The molecule has 0 spiro atoms. The van der Waals surface area contributed by atoms with Crippen LogP contribution in [0, 0.1) is 0 Å². The molecular weight excluding hydrogens is 298 g/mol. The maximum atomic E-state index is 11.1. The summed E-state index contributed by atoms with van der Waals surface area (Å²) in [6.07, 6.45) is -0.539. The van der Waals surface area contributed by atoms with E-state index in [1.54, 1.807) is 12.1 Å². The quantitative estimate of drug-likeness (QED) is 0.513. The molecule has 1 aromatic carbocycles. The molecule has 1 fully saturated rings. The zero-order chi connectivity index (χ0) is 16.8. The molecule has 0 unspecified atom stereocenters. The minimum Gasteiger partial charge on any atom is -0.395 e. The molecule has 1 saturated heterocycles. The van der Waals surface area contributed by atoms with Crippen LogP contribution in [0.4, 0.5) is 0 Å². The van der Waals surface area contributed by atoms with E-state index in [1.807, 2.05) is 17.0 Å². The third kappa shape index (κ3) is 4.98. The zero-order valence-corrected chi connectivity index (χ0v) is 13.1. The highest BCUT2D eigenvalue weighted by Gasteiger charge is 2.25. The molecule has 0 aliphatic carbocycles. The molecule has 1 aliphatic heterocycles. The predicted octanol–water partition coefficient (Wildman–Crippen LogP) is -1.38. The third-order valence-corrected chi connectivity index (χ3v) is 4.20. The van der Waals surface area contributed by atoms with Crippen molar-refractivity contribution >= 4 is 5.91 Å². The van der Waals surface area contributed by atoms with Gasteiger partial charge in [0.1, 0.15) is 0 Å². The van der Waals surface area contributed by atoms with Gasteiger partial charge in [-0.25, -0.2) is 0 Å². The Morgan fingerprint density at radius 3 is 2.39 bits per heavy atom. The van der Waals surface area contributed by atoms with Crippen molar-refractivity contribution in [2.45, 2.75) is 18.7 Å². The Bertz CT molecular complexity index is 505. The Morgan fingerprint density at radius 2 is 1.83 bits per heavy atom. The number of rotatable bonds is 6. The number of nitrogens with zero attached hydrogens (tertiary/aromatic N) is 2. The summed E-state index contributed by atoms with van der Waals surface area (Å²) in [5.74, 6) is -0.448. The van der Waals surface area contributed by atoms with Gasteiger partial charge in [-0.15, -0.1) is 0 Å². The van der Waals surface area contributed by atoms with Gasteiger partial charge in [-0.1, -0.05) is 12.1 Å². The average molecular weight is 323 g/mol. The Balaban J connectivity index is 1.97. The summed E-state index contributed by atoms with van der Waals surface area (Å²) >= 11 is 0. The lowest BCUT2D eigenvalue weighted by Crippen LogP contribution is -2.44. The van der Waals surface area contributed by atoms with E-state index < -0.39 is 12.0 Å². The van der Waals surface area contributed by atoms with Crippen LogP contribution < -0.4 is 5.73 Å². The molecule has 5 N–H and O–H groups in total. The molecule has 7 heteroatoms. The Morgan fingerprint density at radius 1 is 1.17 bits per heavy atom. The maximum Gasteiger partial charge on any atom is 0.248 e. The molecule has 128 valence electrons. The fraction of sp³-hybridized carbons (Fsp3) is 0.562. The number of primary amides is 1. The standard InChI is InChI=1S/C16H25N3O4/c17-16(23)13-3-1-12(2-4-13)7-18-5-6-19(9-15(22)8-18)14(10-20)11-21/h1-4,14-15,20-22H,5-11H2,(H2,17,23)/t15-/m1/s1. The molecule has 1 heterocycles. The van der Waals surface area contributed by atoms with Gasteiger partial charge in [0.2, 0.25) is 5.91 Å². The maximum absolute atomic E-state index is 11.1. The van der Waals surface area contributed by atoms with Crippen molar-refractivity contribution in [2.75, 3.05) is 39.4 Å². The summed E-state index contributed by atoms with van der Waals surface area (Å²) in [5, 5.41) is 28.7. The molecular formula is C16H25N3O4. The predicted molar refractivity (Wildman–Crippen MR) is 85.8 cm³/mol. The largest absolute Gasteiger partial charge is 0.395 e. The van der Waals surface area contributed by atoms with Crippen LogP contribution in [0.5, 0.6) is 0 Å². The van der Waals surface area contributed by atoms with Crippen molar-refractivity contribution < 1.29 is 20.1 Å². The minimum atomic E-state index is -0.539. The van der Waals surface area contributed by atoms with E-state index in [4.69, 9.17) is 5.73 Å². The van der Waals surface area contributed by atoms with E-state index in [9.17, 15) is 20.1 Å². The first-order valence-electron chi connectivity index (χ1n) is 7.78. The van der Waals surface area contributed by atoms with Crippen molar-refractivity contribution in [1.29, 1.82) is 0 Å². The van der Waals surface area contributed by atoms with E-state index in [0.29, 0.717) is 31.7 Å². The second kappa shape index (κ2) is 8.37. The van der Waals surface area contributed by atoms with Crippen LogP contribution in [0.25, 0.3) is 0 Å². The number of aliphatic hydroxyl groups is 3. The summed E-state index contributed by atoms with van der Waals surface area (Å²) in [6.45, 7) is 2.76. The number of β-amino-alcohol motifs (C(OH)–C–C–N with tert-alkyl or cyclic N) is 1. The second-order valence-corrected chi connectivity index (χ2v) is 5.96. The minimum absolute atomic E-state index is 0.127. The van der Waals surface area contributed by atoms with Crippen LogP contribution in [0.2, 0.25) is 0 Å². The van der Waals surface area contributed by atoms with Gasteiger partial charge in [0, 0.05) is 38.3 Å². The number of hydrogen-bond donors (Lipinski definition) is 4. The summed E-state index contributed by atoms with van der Waals surface area (Å²) in [7, 11) is 0. The van der Waals surface area contributed by atoms with Crippen LogP contribution in [0.1, 0.15) is 15.9 Å². The lowest BCUT2D eigenvalue weighted by atomic mass is 10.1. The van der Waals surface area contributed by atoms with Gasteiger partial charge in [-0.05, 0) is 17.7 Å². The van der Waals surface area contributed by atoms with Crippen molar-refractivity contribution in [2.24, 2.45) is 5.73 Å². The van der Waals surface area contributed by atoms with Gasteiger partial charge in [-0.2, -0.15) is 0 Å². The van der Waals surface area contributed by atoms with E-state index in [2.05, 4.69) is 4.90 Å². The molecule has 0 saturated carbocycles. The monoisotopic (exact) mass is 323 g/mol. The van der Waals surface area contributed by atoms with Crippen LogP contribution in [0.15, 0.2) is 24.3 Å². The zero-order valence-electron chi connectivity index (χ0n) is 13.1. The molecule has 7 nitrogen and oxygen atoms in total. The summed E-state index contributed by atoms with van der Waals surface area (Å²) < 4.78 is 0. The molecule has 0 bridgehead atoms. The van der Waals surface area contributed by atoms with Gasteiger partial charge >= 0.3 is 0 Å². The molecule has 0 radical (unpaired) electrons. The van der Waals surface area contributed by atoms with E-state index >= 15 is 0 Å². The Labute approximate surface area is 135 Å². The molecule has 0 aromatic heterocycles. The van der Waals surface area contributed by atoms with Gasteiger partial charge in [0.25, 0.3) is 0 Å². The fourth-order valence-corrected chi connectivity index (χ4v) is 2.88. The van der Waals surface area contributed by atoms with Gasteiger partial charge in [0.15, 0.2) is 0 Å². The van der Waals surface area contributed by atoms with Gasteiger partial charge in [-0.3, -0.25) is 14.6 Å². The molecule has 1 atom stereocenters. The fourth-order valence-electron chi connectivity index (χ4n) is 2.88. The highest BCUT2D eigenvalue weighted by atomic mass is 16.3. The van der Waals surface area contributed by atoms with Crippen molar-refractivity contribution in [3.8, 4) is 0 Å². The lowest BCUT2D eigenvalue weighted by molar-refractivity contribution is 0.0471. The summed E-state index contributed by atoms with van der Waals surface area (Å²) in [4.78, 5) is 15.1. The van der Waals surface area contributed by atoms with Crippen molar-refractivity contribution in [3.63, 3.8) is 0 Å². The number of nitrogens with two attached hydrogens (primary N) is 1. The Kier molecular flexibility index (Phi) is 6.49. The number of hydrogen-bond acceptors (Lipinski definition) is 6. The van der Waals surface area contributed by atoms with Crippen LogP contribution >= 0.6 is 0 Å². The number of carbonyl (C=O) groups excluding carboxylic acids is 1. The average Bonchev–Trinajstić information content (AvgIpc) is 2.71. The van der Waals surface area contributed by atoms with E-state index in [1.165, 1.54) is 0 Å². The molecule has 2 rings (SSSR count). The number of amides is 1. The van der Waals surface area contributed by atoms with Gasteiger partial charge < -0.3 is 21.1 Å². The number of benzene rings is 1. The summed E-state index contributed by atoms with van der Waals surface area (Å²) in [6, 6.07) is 6.79. The van der Waals surface area contributed by atoms with Crippen LogP contribution in [-0.2, 0) is 6.54 Å². The first-order valence-corrected chi connectivity index (χ1v) is 7.78. The first kappa shape index (κ1) is 17.8. The van der Waals surface area contributed by atoms with E-state index in [0.717, 1.165) is 12.1 Å². The molecule has 1 amide bonds. The topological polar surface area (TPSA) is 110 Å². The van der Waals surface area contributed by atoms with E-state index in [-0.39, 0.29) is 19.3 Å². The highest BCUT2D eigenvalue weighted by Crippen LogP contribution is 2.12. The van der Waals surface area contributed by atoms with Gasteiger partial charge in [0.05, 0.1) is 25.4 Å². The summed E-state index contributed by atoms with van der Waals surface area (Å²) in [5.41, 5.74) is 6.74. The normalized spacial score (nSPS) is 20.6. The lowest BCUT2D eigenvalue weighted by Gasteiger charge is -2.28. The van der Waals surface area contributed by atoms with Crippen LogP contribution in [-0.4, -0.2) is 82.6 Å². The highest BCUT2D eigenvalue weighted by molar-refractivity contribution is 5.92.